The number of anilines is 1. The van der Waals surface area contributed by atoms with E-state index in [0.29, 0.717) is 18.8 Å². The van der Waals surface area contributed by atoms with Gasteiger partial charge in [-0.25, -0.2) is 0 Å². The third kappa shape index (κ3) is 3.64. The minimum atomic E-state index is -0.368. The predicted octanol–water partition coefficient (Wildman–Crippen LogP) is 1.99. The van der Waals surface area contributed by atoms with Crippen molar-refractivity contribution in [2.75, 3.05) is 19.0 Å². The minimum absolute atomic E-state index is 0.0771. The fraction of sp³-hybridized carbons (Fsp3) is 0.471. The van der Waals surface area contributed by atoms with E-state index in [1.807, 2.05) is 16.9 Å². The maximum Gasteiger partial charge on any atom is 0.292 e. The van der Waals surface area contributed by atoms with E-state index in [1.54, 1.807) is 19.2 Å². The molecule has 0 saturated heterocycles. The SMILES string of the molecule is CNc1ccc(CN[C@@H]2CCCc3c2cnn3CCO)cc1[N+](=O)[O-]. The van der Waals surface area contributed by atoms with Crippen molar-refractivity contribution < 1.29 is 10.0 Å². The number of aliphatic hydroxyl groups is 1. The topological polar surface area (TPSA) is 105 Å². The fourth-order valence-corrected chi connectivity index (χ4v) is 3.41. The molecular formula is C17H23N5O3. The van der Waals surface area contributed by atoms with Gasteiger partial charge in [0.15, 0.2) is 0 Å². The molecule has 3 N–H and O–H groups in total. The van der Waals surface area contributed by atoms with Crippen LogP contribution < -0.4 is 10.6 Å². The Morgan fingerprint density at radius 1 is 1.48 bits per heavy atom. The van der Waals surface area contributed by atoms with Crippen LogP contribution in [0, 0.1) is 10.1 Å². The van der Waals surface area contributed by atoms with Crippen molar-refractivity contribution in [3.05, 3.63) is 51.3 Å². The molecule has 1 aromatic heterocycles. The summed E-state index contributed by atoms with van der Waals surface area (Å²) in [4.78, 5) is 10.8. The zero-order chi connectivity index (χ0) is 17.8. The monoisotopic (exact) mass is 345 g/mol. The molecule has 1 aromatic carbocycles. The third-order valence-corrected chi connectivity index (χ3v) is 4.66. The molecule has 8 nitrogen and oxygen atoms in total. The molecule has 0 radical (unpaired) electrons. The number of nitrogens with one attached hydrogen (secondary N) is 2. The van der Waals surface area contributed by atoms with Crippen molar-refractivity contribution in [1.29, 1.82) is 0 Å². The van der Waals surface area contributed by atoms with E-state index in [0.717, 1.165) is 24.8 Å². The van der Waals surface area contributed by atoms with Crippen molar-refractivity contribution >= 4 is 11.4 Å². The summed E-state index contributed by atoms with van der Waals surface area (Å²) in [5.74, 6) is 0. The van der Waals surface area contributed by atoms with E-state index in [9.17, 15) is 10.1 Å². The zero-order valence-electron chi connectivity index (χ0n) is 14.2. The van der Waals surface area contributed by atoms with Crippen molar-refractivity contribution in [1.82, 2.24) is 15.1 Å². The lowest BCUT2D eigenvalue weighted by atomic mass is 9.92. The number of fused-ring (bicyclic) bond motifs is 1. The Labute approximate surface area is 146 Å². The highest BCUT2D eigenvalue weighted by Crippen LogP contribution is 2.30. The lowest BCUT2D eigenvalue weighted by molar-refractivity contribution is -0.384. The van der Waals surface area contributed by atoms with Gasteiger partial charge in [-0.3, -0.25) is 14.8 Å². The Morgan fingerprint density at radius 3 is 3.04 bits per heavy atom. The average molecular weight is 345 g/mol. The van der Waals surface area contributed by atoms with Crippen molar-refractivity contribution in [3.63, 3.8) is 0 Å². The van der Waals surface area contributed by atoms with Gasteiger partial charge in [0.1, 0.15) is 5.69 Å². The molecule has 1 heterocycles. The fourth-order valence-electron chi connectivity index (χ4n) is 3.41. The van der Waals surface area contributed by atoms with Gasteiger partial charge in [-0.15, -0.1) is 0 Å². The number of nitro groups is 1. The third-order valence-electron chi connectivity index (χ3n) is 4.66. The Kier molecular flexibility index (Phi) is 5.30. The Bertz CT molecular complexity index is 759. The molecule has 1 atom stereocenters. The number of aliphatic hydroxyl groups excluding tert-OH is 1. The number of nitrogens with zero attached hydrogens (tertiary/aromatic N) is 3. The first kappa shape index (κ1) is 17.4. The van der Waals surface area contributed by atoms with Crippen LogP contribution in [0.5, 0.6) is 0 Å². The van der Waals surface area contributed by atoms with Crippen molar-refractivity contribution in [2.24, 2.45) is 0 Å². The molecule has 0 amide bonds. The molecule has 0 aliphatic heterocycles. The number of benzene rings is 1. The van der Waals surface area contributed by atoms with Gasteiger partial charge in [-0.1, -0.05) is 6.07 Å². The average Bonchev–Trinajstić information content (AvgIpc) is 3.03. The van der Waals surface area contributed by atoms with Crippen LogP contribution in [0.1, 0.15) is 35.7 Å². The Hall–Kier alpha value is -2.45. The summed E-state index contributed by atoms with van der Waals surface area (Å²) in [6.45, 7) is 1.15. The molecule has 8 heteroatoms. The smallest absolute Gasteiger partial charge is 0.292 e. The molecule has 0 saturated carbocycles. The van der Waals surface area contributed by atoms with E-state index < -0.39 is 0 Å². The Balaban J connectivity index is 1.73. The lowest BCUT2D eigenvalue weighted by Gasteiger charge is -2.24. The number of rotatable bonds is 7. The van der Waals surface area contributed by atoms with E-state index in [4.69, 9.17) is 5.11 Å². The molecule has 1 aliphatic rings. The van der Waals surface area contributed by atoms with Crippen LogP contribution in [0.2, 0.25) is 0 Å². The first-order valence-electron chi connectivity index (χ1n) is 8.48. The normalized spacial score (nSPS) is 16.5. The van der Waals surface area contributed by atoms with Gasteiger partial charge in [-0.2, -0.15) is 5.10 Å². The summed E-state index contributed by atoms with van der Waals surface area (Å²) in [6.07, 6.45) is 4.90. The minimum Gasteiger partial charge on any atom is -0.394 e. The first-order valence-corrected chi connectivity index (χ1v) is 8.48. The van der Waals surface area contributed by atoms with Crippen LogP contribution in [0.4, 0.5) is 11.4 Å². The van der Waals surface area contributed by atoms with Crippen LogP contribution in [-0.2, 0) is 19.5 Å². The maximum atomic E-state index is 11.2. The molecule has 0 bridgehead atoms. The van der Waals surface area contributed by atoms with Gasteiger partial charge in [0.2, 0.25) is 0 Å². The molecular weight excluding hydrogens is 322 g/mol. The molecule has 0 fully saturated rings. The van der Waals surface area contributed by atoms with Crippen LogP contribution in [0.3, 0.4) is 0 Å². The van der Waals surface area contributed by atoms with Gasteiger partial charge in [0, 0.05) is 37.0 Å². The number of hydrogen-bond donors (Lipinski definition) is 3. The quantitative estimate of drug-likeness (QED) is 0.523. The molecule has 1 aliphatic carbocycles. The summed E-state index contributed by atoms with van der Waals surface area (Å²) in [7, 11) is 1.67. The second kappa shape index (κ2) is 7.62. The highest BCUT2D eigenvalue weighted by molar-refractivity contribution is 5.62. The van der Waals surface area contributed by atoms with Gasteiger partial charge in [0.05, 0.1) is 24.3 Å². The van der Waals surface area contributed by atoms with Crippen LogP contribution in [0.15, 0.2) is 24.4 Å². The molecule has 25 heavy (non-hydrogen) atoms. The lowest BCUT2D eigenvalue weighted by Crippen LogP contribution is -2.25. The highest BCUT2D eigenvalue weighted by atomic mass is 16.6. The van der Waals surface area contributed by atoms with Crippen LogP contribution >= 0.6 is 0 Å². The largest absolute Gasteiger partial charge is 0.394 e. The number of nitro benzene ring substituents is 1. The van der Waals surface area contributed by atoms with Crippen molar-refractivity contribution in [2.45, 2.75) is 38.4 Å². The van der Waals surface area contributed by atoms with Gasteiger partial charge < -0.3 is 15.7 Å². The standard InChI is InChI=1S/C17H23N5O3/c1-18-15-6-5-12(9-17(15)22(24)25)10-19-14-3-2-4-16-13(14)11-20-21(16)7-8-23/h5-6,9,11,14,18-19,23H,2-4,7-8,10H2,1H3/t14-/m1/s1. The van der Waals surface area contributed by atoms with E-state index in [-0.39, 0.29) is 23.3 Å². The first-order chi connectivity index (χ1) is 12.1. The van der Waals surface area contributed by atoms with E-state index in [2.05, 4.69) is 15.7 Å². The highest BCUT2D eigenvalue weighted by Gasteiger charge is 2.24. The molecule has 3 rings (SSSR count). The molecule has 134 valence electrons. The van der Waals surface area contributed by atoms with Crippen LogP contribution in [0.25, 0.3) is 0 Å². The van der Waals surface area contributed by atoms with Gasteiger partial charge in [-0.05, 0) is 30.9 Å². The van der Waals surface area contributed by atoms with Gasteiger partial charge >= 0.3 is 0 Å². The summed E-state index contributed by atoms with van der Waals surface area (Å²) in [5, 5.41) is 31.0. The van der Waals surface area contributed by atoms with Gasteiger partial charge in [0.25, 0.3) is 5.69 Å². The second-order valence-corrected chi connectivity index (χ2v) is 6.18. The predicted molar refractivity (Wildman–Crippen MR) is 94.5 cm³/mol. The van der Waals surface area contributed by atoms with Crippen molar-refractivity contribution in [3.8, 4) is 0 Å². The molecule has 2 aromatic rings. The second-order valence-electron chi connectivity index (χ2n) is 6.18. The molecule has 0 unspecified atom stereocenters. The molecule has 0 spiro atoms. The summed E-state index contributed by atoms with van der Waals surface area (Å²) in [5.41, 5.74) is 3.82. The van der Waals surface area contributed by atoms with Crippen LogP contribution in [-0.4, -0.2) is 33.5 Å². The summed E-state index contributed by atoms with van der Waals surface area (Å²) in [6, 6.07) is 5.42. The summed E-state index contributed by atoms with van der Waals surface area (Å²) < 4.78 is 1.87. The zero-order valence-corrected chi connectivity index (χ0v) is 14.2. The van der Waals surface area contributed by atoms with E-state index >= 15 is 0 Å². The number of aromatic nitrogens is 2. The van der Waals surface area contributed by atoms with E-state index in [1.165, 1.54) is 11.3 Å². The number of hydrogen-bond acceptors (Lipinski definition) is 6. The Morgan fingerprint density at radius 2 is 2.32 bits per heavy atom. The maximum absolute atomic E-state index is 11.2. The summed E-state index contributed by atoms with van der Waals surface area (Å²) >= 11 is 0.